The monoisotopic (exact) mass is 300 g/mol. The van der Waals surface area contributed by atoms with Gasteiger partial charge in [0.1, 0.15) is 5.69 Å². The van der Waals surface area contributed by atoms with E-state index < -0.39 is 17.4 Å². The summed E-state index contributed by atoms with van der Waals surface area (Å²) in [6, 6.07) is 4.18. The van der Waals surface area contributed by atoms with E-state index in [2.05, 4.69) is 9.97 Å². The molecule has 0 atom stereocenters. The van der Waals surface area contributed by atoms with Crippen LogP contribution in [0.5, 0.6) is 0 Å². The smallest absolute Gasteiger partial charge is 0.351 e. The second-order valence-electron chi connectivity index (χ2n) is 4.51. The third-order valence-electron chi connectivity index (χ3n) is 3.25. The van der Waals surface area contributed by atoms with E-state index in [9.17, 15) is 18.0 Å². The van der Waals surface area contributed by atoms with Crippen molar-refractivity contribution < 1.29 is 13.2 Å². The Morgan fingerprint density at radius 1 is 1.10 bits per heavy atom. The first-order chi connectivity index (χ1) is 9.29. The van der Waals surface area contributed by atoms with E-state index in [4.69, 9.17) is 11.6 Å². The lowest BCUT2D eigenvalue weighted by Crippen LogP contribution is -2.07. The van der Waals surface area contributed by atoms with E-state index in [1.165, 1.54) is 19.1 Å². The van der Waals surface area contributed by atoms with Crippen molar-refractivity contribution in [2.45, 2.75) is 13.1 Å². The number of aromatic nitrogens is 2. The van der Waals surface area contributed by atoms with Crippen LogP contribution in [0, 0.1) is 6.92 Å². The number of aromatic amines is 2. The van der Waals surface area contributed by atoms with Crippen molar-refractivity contribution >= 4 is 33.4 Å². The fraction of sp³-hybridized carbons (Fsp3) is 0.154. The molecule has 0 radical (unpaired) electrons. The first kappa shape index (κ1) is 13.1. The number of rotatable bonds is 0. The summed E-state index contributed by atoms with van der Waals surface area (Å²) in [7, 11) is 0. The maximum absolute atomic E-state index is 12.9. The van der Waals surface area contributed by atoms with Gasteiger partial charge >= 0.3 is 6.18 Å². The second-order valence-corrected chi connectivity index (χ2v) is 4.92. The van der Waals surface area contributed by atoms with E-state index >= 15 is 0 Å². The van der Waals surface area contributed by atoms with Crippen LogP contribution < -0.4 is 5.56 Å². The third kappa shape index (κ3) is 1.79. The van der Waals surface area contributed by atoms with Gasteiger partial charge in [-0.3, -0.25) is 4.79 Å². The van der Waals surface area contributed by atoms with Crippen LogP contribution in [0.15, 0.2) is 23.0 Å². The number of H-pyrrole nitrogens is 2. The zero-order valence-corrected chi connectivity index (χ0v) is 10.9. The number of aryl methyl sites for hydroxylation is 1. The molecule has 0 amide bonds. The Balaban J connectivity index is 2.55. The first-order valence-corrected chi connectivity index (χ1v) is 6.08. The van der Waals surface area contributed by atoms with E-state index in [0.29, 0.717) is 21.8 Å². The molecule has 0 aliphatic heterocycles. The maximum Gasteiger partial charge on any atom is 0.431 e. The van der Waals surface area contributed by atoms with Crippen molar-refractivity contribution in [3.05, 3.63) is 44.8 Å². The van der Waals surface area contributed by atoms with Crippen molar-refractivity contribution in [2.24, 2.45) is 0 Å². The van der Waals surface area contributed by atoms with Crippen LogP contribution in [0.1, 0.15) is 11.3 Å². The summed E-state index contributed by atoms with van der Waals surface area (Å²) in [6.07, 6.45) is -4.47. The van der Waals surface area contributed by atoms with Crippen LogP contribution in [0.3, 0.4) is 0 Å². The standard InChI is InChI=1S/C13H8ClF3N2O/c1-5-10-7(19-12(5)13(15,16)17)2-3-8-11(10)6(14)4-9(20)18-8/h2-4,19H,1H3,(H,18,20). The van der Waals surface area contributed by atoms with E-state index in [1.807, 2.05) is 0 Å². The van der Waals surface area contributed by atoms with Crippen molar-refractivity contribution in [3.8, 4) is 0 Å². The minimum atomic E-state index is -4.47. The molecule has 0 saturated carbocycles. The Morgan fingerprint density at radius 3 is 2.30 bits per heavy atom. The molecule has 3 nitrogen and oxygen atoms in total. The number of nitrogens with one attached hydrogen (secondary N) is 2. The molecule has 3 rings (SSSR count). The minimum Gasteiger partial charge on any atom is -0.351 e. The highest BCUT2D eigenvalue weighted by Gasteiger charge is 2.35. The van der Waals surface area contributed by atoms with Gasteiger partial charge in [0.05, 0.1) is 10.5 Å². The Labute approximate surface area is 115 Å². The topological polar surface area (TPSA) is 48.6 Å². The molecule has 0 unspecified atom stereocenters. The molecular formula is C13H8ClF3N2O. The number of fused-ring (bicyclic) bond motifs is 3. The number of hydrogen-bond acceptors (Lipinski definition) is 1. The van der Waals surface area contributed by atoms with Crippen LogP contribution in [0.25, 0.3) is 21.8 Å². The van der Waals surface area contributed by atoms with Gasteiger partial charge in [-0.25, -0.2) is 0 Å². The molecule has 104 valence electrons. The zero-order valence-electron chi connectivity index (χ0n) is 10.2. The summed E-state index contributed by atoms with van der Waals surface area (Å²) in [5.41, 5.74) is -0.400. The van der Waals surface area contributed by atoms with E-state index in [-0.39, 0.29) is 10.6 Å². The quantitative estimate of drug-likeness (QED) is 0.648. The van der Waals surface area contributed by atoms with Crippen LogP contribution in [-0.4, -0.2) is 9.97 Å². The SMILES string of the molecule is Cc1c(C(F)(F)F)[nH]c2ccc3[nH]c(=O)cc(Cl)c3c12. The molecule has 20 heavy (non-hydrogen) atoms. The fourth-order valence-electron chi connectivity index (χ4n) is 2.44. The van der Waals surface area contributed by atoms with Crippen molar-refractivity contribution in [3.63, 3.8) is 0 Å². The Hall–Kier alpha value is -1.95. The Morgan fingerprint density at radius 2 is 1.70 bits per heavy atom. The number of alkyl halides is 3. The van der Waals surface area contributed by atoms with E-state index in [0.717, 1.165) is 6.07 Å². The second kappa shape index (κ2) is 4.02. The van der Waals surface area contributed by atoms with Gasteiger partial charge in [-0.1, -0.05) is 11.6 Å². The summed E-state index contributed by atoms with van der Waals surface area (Å²) in [4.78, 5) is 16.3. The lowest BCUT2D eigenvalue weighted by atomic mass is 10.1. The largest absolute Gasteiger partial charge is 0.431 e. The van der Waals surface area contributed by atoms with Gasteiger partial charge in [-0.15, -0.1) is 0 Å². The van der Waals surface area contributed by atoms with Crippen LogP contribution in [-0.2, 0) is 6.18 Å². The highest BCUT2D eigenvalue weighted by atomic mass is 35.5. The van der Waals surface area contributed by atoms with Gasteiger partial charge in [-0.2, -0.15) is 13.2 Å². The highest BCUT2D eigenvalue weighted by molar-refractivity contribution is 6.37. The average Bonchev–Trinajstić information content (AvgIpc) is 2.66. The Bertz CT molecular complexity index is 892. The fourth-order valence-corrected chi connectivity index (χ4v) is 2.74. The van der Waals surface area contributed by atoms with Gasteiger partial charge in [0, 0.05) is 22.4 Å². The lowest BCUT2D eigenvalue weighted by Gasteiger charge is -2.05. The van der Waals surface area contributed by atoms with Crippen molar-refractivity contribution in [1.29, 1.82) is 0 Å². The molecule has 2 heterocycles. The van der Waals surface area contributed by atoms with Crippen molar-refractivity contribution in [1.82, 2.24) is 9.97 Å². The molecule has 0 fully saturated rings. The van der Waals surface area contributed by atoms with Gasteiger partial charge in [0.15, 0.2) is 0 Å². The zero-order chi connectivity index (χ0) is 14.7. The highest BCUT2D eigenvalue weighted by Crippen LogP contribution is 2.38. The summed E-state index contributed by atoms with van der Waals surface area (Å²) >= 11 is 6.02. The third-order valence-corrected chi connectivity index (χ3v) is 3.55. The number of halogens is 4. The summed E-state index contributed by atoms with van der Waals surface area (Å²) in [6.45, 7) is 1.38. The van der Waals surface area contributed by atoms with Crippen LogP contribution in [0.4, 0.5) is 13.2 Å². The first-order valence-electron chi connectivity index (χ1n) is 5.70. The molecule has 0 aliphatic rings. The number of pyridine rings is 1. The molecule has 0 spiro atoms. The average molecular weight is 301 g/mol. The maximum atomic E-state index is 12.9. The number of hydrogen-bond donors (Lipinski definition) is 2. The van der Waals surface area contributed by atoms with Crippen molar-refractivity contribution in [2.75, 3.05) is 0 Å². The molecule has 0 aliphatic carbocycles. The molecule has 2 N–H and O–H groups in total. The molecule has 1 aromatic carbocycles. The number of benzene rings is 1. The summed E-state index contributed by atoms with van der Waals surface area (Å²) in [5, 5.41) is 0.911. The molecule has 0 bridgehead atoms. The van der Waals surface area contributed by atoms with E-state index in [1.54, 1.807) is 0 Å². The van der Waals surface area contributed by atoms with Crippen LogP contribution in [0.2, 0.25) is 5.02 Å². The lowest BCUT2D eigenvalue weighted by molar-refractivity contribution is -0.141. The van der Waals surface area contributed by atoms with Gasteiger partial charge in [0.2, 0.25) is 5.56 Å². The van der Waals surface area contributed by atoms with Gasteiger partial charge in [-0.05, 0) is 24.6 Å². The minimum absolute atomic E-state index is 0.0621. The molecule has 7 heteroatoms. The molecule has 2 aromatic heterocycles. The predicted octanol–water partition coefficient (Wildman–Crippen LogP) is 3.99. The molecule has 0 saturated heterocycles. The Kier molecular flexibility index (Phi) is 2.62. The molecule has 3 aromatic rings. The summed E-state index contributed by atoms with van der Waals surface area (Å²) < 4.78 is 38.8. The normalized spacial score (nSPS) is 12.4. The van der Waals surface area contributed by atoms with Crippen LogP contribution >= 0.6 is 11.6 Å². The summed E-state index contributed by atoms with van der Waals surface area (Å²) in [5.74, 6) is 0. The van der Waals surface area contributed by atoms with Gasteiger partial charge in [0.25, 0.3) is 0 Å². The predicted molar refractivity (Wildman–Crippen MR) is 71.2 cm³/mol. The molecular weight excluding hydrogens is 293 g/mol. The van der Waals surface area contributed by atoms with Gasteiger partial charge < -0.3 is 9.97 Å².